The molecule has 2 aromatic carbocycles. The Morgan fingerprint density at radius 1 is 0.938 bits per heavy atom. The fourth-order valence-corrected chi connectivity index (χ4v) is 3.67. The number of nitrogens with zero attached hydrogens (tertiary/aromatic N) is 4. The Morgan fingerprint density at radius 3 is 2.47 bits per heavy atom. The Morgan fingerprint density at radius 2 is 1.72 bits per heavy atom. The van der Waals surface area contributed by atoms with E-state index in [4.69, 9.17) is 23.5 Å². The summed E-state index contributed by atoms with van der Waals surface area (Å²) in [5, 5.41) is 8.78. The lowest BCUT2D eigenvalue weighted by molar-refractivity contribution is -0.00115. The first-order valence-electron chi connectivity index (χ1n) is 10.1. The average Bonchev–Trinajstić information content (AvgIpc) is 3.50. The van der Waals surface area contributed by atoms with Crippen LogP contribution in [0.5, 0.6) is 17.2 Å². The standard InChI is InChI=1S/C23H22N4O5/c1-28-16-6-4-14(5-7-16)21-12-27-15(13-31-21)10-19(25-27)23-24-22(26-32-23)18-9-8-17(29-2)11-20(18)30-3/h4-11,21H,12-13H2,1-3H3/t21-/m1/s1. The van der Waals surface area contributed by atoms with Crippen LogP contribution in [0.1, 0.15) is 17.4 Å². The van der Waals surface area contributed by atoms with E-state index in [0.29, 0.717) is 47.6 Å². The number of rotatable bonds is 6. The molecule has 32 heavy (non-hydrogen) atoms. The van der Waals surface area contributed by atoms with Gasteiger partial charge in [0, 0.05) is 6.07 Å². The summed E-state index contributed by atoms with van der Waals surface area (Å²) < 4.78 is 29.4. The van der Waals surface area contributed by atoms with E-state index in [1.165, 1.54) is 0 Å². The number of benzene rings is 2. The van der Waals surface area contributed by atoms with Gasteiger partial charge in [-0.25, -0.2) is 0 Å². The van der Waals surface area contributed by atoms with Gasteiger partial charge < -0.3 is 23.5 Å². The van der Waals surface area contributed by atoms with Gasteiger partial charge in [-0.3, -0.25) is 4.68 Å². The SMILES string of the molecule is COc1ccc([C@H]2Cn3nc(-c4nc(-c5ccc(OC)cc5OC)no4)cc3CO2)cc1. The molecule has 0 aliphatic carbocycles. The van der Waals surface area contributed by atoms with Gasteiger partial charge in [-0.05, 0) is 35.9 Å². The Bertz CT molecular complexity index is 1230. The fraction of sp³-hybridized carbons (Fsp3) is 0.261. The molecule has 0 fully saturated rings. The highest BCUT2D eigenvalue weighted by Gasteiger charge is 2.25. The number of hydrogen-bond donors (Lipinski definition) is 0. The zero-order chi connectivity index (χ0) is 22.1. The van der Waals surface area contributed by atoms with E-state index in [1.807, 2.05) is 47.1 Å². The predicted octanol–water partition coefficient (Wildman–Crippen LogP) is 3.90. The van der Waals surface area contributed by atoms with Crippen LogP contribution in [0.2, 0.25) is 0 Å². The zero-order valence-corrected chi connectivity index (χ0v) is 17.9. The maximum Gasteiger partial charge on any atom is 0.278 e. The van der Waals surface area contributed by atoms with Gasteiger partial charge in [-0.15, -0.1) is 0 Å². The number of fused-ring (bicyclic) bond motifs is 1. The van der Waals surface area contributed by atoms with Crippen molar-refractivity contribution in [1.82, 2.24) is 19.9 Å². The van der Waals surface area contributed by atoms with E-state index in [1.54, 1.807) is 27.4 Å². The van der Waals surface area contributed by atoms with Gasteiger partial charge in [0.05, 0.1) is 45.7 Å². The molecule has 0 saturated heterocycles. The summed E-state index contributed by atoms with van der Waals surface area (Å²) in [5.74, 6) is 2.84. The van der Waals surface area contributed by atoms with E-state index in [0.717, 1.165) is 17.0 Å². The first-order valence-corrected chi connectivity index (χ1v) is 10.1. The minimum absolute atomic E-state index is 0.0945. The molecule has 1 aliphatic rings. The topological polar surface area (TPSA) is 93.7 Å². The van der Waals surface area contributed by atoms with Crippen molar-refractivity contribution in [2.75, 3.05) is 21.3 Å². The normalized spacial score (nSPS) is 15.3. The molecule has 0 unspecified atom stereocenters. The van der Waals surface area contributed by atoms with Crippen LogP contribution in [0.25, 0.3) is 23.0 Å². The second-order valence-corrected chi connectivity index (χ2v) is 7.27. The molecule has 0 bridgehead atoms. The van der Waals surface area contributed by atoms with Gasteiger partial charge in [0.15, 0.2) is 5.69 Å². The Kier molecular flexibility index (Phi) is 5.24. The molecular formula is C23H22N4O5. The first-order chi connectivity index (χ1) is 15.7. The summed E-state index contributed by atoms with van der Waals surface area (Å²) in [6.45, 7) is 1.03. The first kappa shape index (κ1) is 20.1. The Hall–Kier alpha value is -3.85. The summed E-state index contributed by atoms with van der Waals surface area (Å²) in [6.07, 6.45) is -0.0945. The van der Waals surface area contributed by atoms with Gasteiger partial charge in [0.25, 0.3) is 5.89 Å². The van der Waals surface area contributed by atoms with Gasteiger partial charge in [0.2, 0.25) is 5.82 Å². The molecule has 2 aromatic heterocycles. The van der Waals surface area contributed by atoms with Crippen molar-refractivity contribution >= 4 is 0 Å². The zero-order valence-electron chi connectivity index (χ0n) is 17.9. The van der Waals surface area contributed by atoms with Crippen LogP contribution in [0.3, 0.4) is 0 Å². The Labute approximate surface area is 184 Å². The number of methoxy groups -OCH3 is 3. The molecule has 3 heterocycles. The number of aromatic nitrogens is 4. The third kappa shape index (κ3) is 3.67. The number of ether oxygens (including phenoxy) is 4. The molecule has 9 heteroatoms. The molecule has 164 valence electrons. The molecule has 1 atom stereocenters. The van der Waals surface area contributed by atoms with Crippen molar-refractivity contribution in [2.24, 2.45) is 0 Å². The third-order valence-corrected chi connectivity index (χ3v) is 5.42. The molecular weight excluding hydrogens is 412 g/mol. The Balaban J connectivity index is 1.38. The second kappa shape index (κ2) is 8.35. The largest absolute Gasteiger partial charge is 0.497 e. The third-order valence-electron chi connectivity index (χ3n) is 5.42. The molecule has 0 amide bonds. The van der Waals surface area contributed by atoms with E-state index < -0.39 is 0 Å². The summed E-state index contributed by atoms with van der Waals surface area (Å²) in [5.41, 5.74) is 3.33. The lowest BCUT2D eigenvalue weighted by atomic mass is 10.1. The highest BCUT2D eigenvalue weighted by Crippen LogP contribution is 2.34. The van der Waals surface area contributed by atoms with Crippen LogP contribution in [0.4, 0.5) is 0 Å². The van der Waals surface area contributed by atoms with Crippen molar-refractivity contribution in [2.45, 2.75) is 19.3 Å². The summed E-state index contributed by atoms with van der Waals surface area (Å²) >= 11 is 0. The van der Waals surface area contributed by atoms with Gasteiger partial charge in [0.1, 0.15) is 23.4 Å². The van der Waals surface area contributed by atoms with Crippen molar-refractivity contribution in [1.29, 1.82) is 0 Å². The minimum Gasteiger partial charge on any atom is -0.497 e. The molecule has 0 N–H and O–H groups in total. The smallest absolute Gasteiger partial charge is 0.278 e. The number of hydrogen-bond acceptors (Lipinski definition) is 8. The van der Waals surface area contributed by atoms with Crippen molar-refractivity contribution < 1.29 is 23.5 Å². The van der Waals surface area contributed by atoms with E-state index in [9.17, 15) is 0 Å². The second-order valence-electron chi connectivity index (χ2n) is 7.27. The molecule has 0 radical (unpaired) electrons. The van der Waals surface area contributed by atoms with Crippen molar-refractivity contribution in [3.8, 4) is 40.2 Å². The van der Waals surface area contributed by atoms with Crippen molar-refractivity contribution in [3.05, 3.63) is 59.8 Å². The quantitative estimate of drug-likeness (QED) is 0.451. The molecule has 0 spiro atoms. The van der Waals surface area contributed by atoms with Gasteiger partial charge in [-0.2, -0.15) is 10.1 Å². The lowest BCUT2D eigenvalue weighted by Crippen LogP contribution is -2.21. The molecule has 0 saturated carbocycles. The van der Waals surface area contributed by atoms with Crippen LogP contribution in [-0.4, -0.2) is 41.3 Å². The maximum absolute atomic E-state index is 6.04. The fourth-order valence-electron chi connectivity index (χ4n) is 3.67. The summed E-state index contributed by atoms with van der Waals surface area (Å²) in [4.78, 5) is 4.53. The van der Waals surface area contributed by atoms with Gasteiger partial charge >= 0.3 is 0 Å². The van der Waals surface area contributed by atoms with Crippen LogP contribution < -0.4 is 14.2 Å². The highest BCUT2D eigenvalue weighted by atomic mass is 16.5. The van der Waals surface area contributed by atoms with E-state index in [2.05, 4.69) is 15.2 Å². The summed E-state index contributed by atoms with van der Waals surface area (Å²) in [7, 11) is 4.84. The molecule has 1 aliphatic heterocycles. The van der Waals surface area contributed by atoms with Crippen LogP contribution in [-0.2, 0) is 17.9 Å². The lowest BCUT2D eigenvalue weighted by Gasteiger charge is -2.24. The van der Waals surface area contributed by atoms with Crippen LogP contribution >= 0.6 is 0 Å². The van der Waals surface area contributed by atoms with Crippen molar-refractivity contribution in [3.63, 3.8) is 0 Å². The predicted molar refractivity (Wildman–Crippen MR) is 115 cm³/mol. The minimum atomic E-state index is -0.0945. The van der Waals surface area contributed by atoms with Crippen LogP contribution in [0.15, 0.2) is 53.1 Å². The van der Waals surface area contributed by atoms with Gasteiger partial charge in [-0.1, -0.05) is 17.3 Å². The monoisotopic (exact) mass is 434 g/mol. The summed E-state index contributed by atoms with van der Waals surface area (Å²) in [6, 6.07) is 15.2. The highest BCUT2D eigenvalue weighted by molar-refractivity contribution is 5.66. The van der Waals surface area contributed by atoms with E-state index in [-0.39, 0.29) is 6.10 Å². The van der Waals surface area contributed by atoms with Crippen LogP contribution in [0, 0.1) is 0 Å². The molecule has 9 nitrogen and oxygen atoms in total. The van der Waals surface area contributed by atoms with E-state index >= 15 is 0 Å². The molecule has 5 rings (SSSR count). The molecule has 4 aromatic rings. The maximum atomic E-state index is 6.04. The average molecular weight is 434 g/mol.